The Balaban J connectivity index is 1.91. The summed E-state index contributed by atoms with van der Waals surface area (Å²) in [6.07, 6.45) is 10.9. The van der Waals surface area contributed by atoms with Gasteiger partial charge in [0.05, 0.1) is 5.60 Å². The summed E-state index contributed by atoms with van der Waals surface area (Å²) in [5, 5.41) is 0. The number of hydrogen-bond donors (Lipinski definition) is 0. The van der Waals surface area contributed by atoms with Crippen molar-refractivity contribution in [2.24, 2.45) is 23.2 Å². The van der Waals surface area contributed by atoms with E-state index in [9.17, 15) is 0 Å². The fourth-order valence-electron chi connectivity index (χ4n) is 6.80. The van der Waals surface area contributed by atoms with Crippen molar-refractivity contribution in [1.82, 2.24) is 0 Å². The van der Waals surface area contributed by atoms with Gasteiger partial charge in [-0.1, -0.05) is 69.0 Å². The fraction of sp³-hybridized carbons (Fsp3) is 0.920. The second-order valence-electron chi connectivity index (χ2n) is 10.8. The van der Waals surface area contributed by atoms with E-state index in [1.807, 2.05) is 0 Å². The second kappa shape index (κ2) is 10.1. The molecule has 2 aliphatic rings. The van der Waals surface area contributed by atoms with Crippen molar-refractivity contribution < 1.29 is 4.43 Å². The molecule has 0 amide bonds. The Kier molecular flexibility index (Phi) is 8.93. The summed E-state index contributed by atoms with van der Waals surface area (Å²) in [4.78, 5) is 2.26. The SMILES string of the molecule is CC[Si](CC)(CC)OC(C)(C)CCC[C@@H](C)[C@H]1CCC2/C(=C/Br)CCC[C@@]21C. The Morgan fingerprint density at radius 2 is 1.86 bits per heavy atom. The minimum atomic E-state index is -1.51. The van der Waals surface area contributed by atoms with Crippen molar-refractivity contribution in [2.75, 3.05) is 0 Å². The molecule has 0 aromatic rings. The molecule has 0 aromatic carbocycles. The maximum atomic E-state index is 6.84. The summed E-state index contributed by atoms with van der Waals surface area (Å²) in [7, 11) is -1.51. The third-order valence-corrected chi connectivity index (χ3v) is 14.2. The largest absolute Gasteiger partial charge is 0.412 e. The van der Waals surface area contributed by atoms with E-state index in [1.165, 1.54) is 69.5 Å². The average Bonchev–Trinajstić information content (AvgIpc) is 3.03. The molecule has 2 aliphatic carbocycles. The number of halogens is 1. The van der Waals surface area contributed by atoms with Crippen LogP contribution >= 0.6 is 15.9 Å². The Morgan fingerprint density at radius 3 is 2.43 bits per heavy atom. The number of fused-ring (bicyclic) bond motifs is 1. The molecular formula is C25H47BrOSi. The molecule has 0 aromatic heterocycles. The molecule has 0 saturated heterocycles. The lowest BCUT2D eigenvalue weighted by Crippen LogP contribution is -2.44. The van der Waals surface area contributed by atoms with Crippen molar-refractivity contribution in [1.29, 1.82) is 0 Å². The standard InChI is InChI=1S/C25H47BrOSi/c1-8-28(9-2,10-3)27-24(5,6)17-11-13-20(4)22-15-16-23-21(19-26)14-12-18-25(22,23)7/h19-20,22-23H,8-18H2,1-7H3/b21-19+/t20-,22-,23?,25-/m1/s1. The highest BCUT2D eigenvalue weighted by Gasteiger charge is 2.50. The summed E-state index contributed by atoms with van der Waals surface area (Å²) in [6.45, 7) is 16.9. The van der Waals surface area contributed by atoms with E-state index in [4.69, 9.17) is 4.43 Å². The van der Waals surface area contributed by atoms with E-state index in [1.54, 1.807) is 5.57 Å². The summed E-state index contributed by atoms with van der Waals surface area (Å²) in [5.41, 5.74) is 2.28. The van der Waals surface area contributed by atoms with Gasteiger partial charge < -0.3 is 4.43 Å². The molecule has 28 heavy (non-hydrogen) atoms. The quantitative estimate of drug-likeness (QED) is 0.289. The van der Waals surface area contributed by atoms with Gasteiger partial charge in [-0.2, -0.15) is 0 Å². The Morgan fingerprint density at radius 1 is 1.21 bits per heavy atom. The van der Waals surface area contributed by atoms with Crippen LogP contribution in [-0.2, 0) is 4.43 Å². The van der Waals surface area contributed by atoms with Crippen LogP contribution in [0.3, 0.4) is 0 Å². The van der Waals surface area contributed by atoms with Gasteiger partial charge in [0.2, 0.25) is 0 Å². The molecule has 2 saturated carbocycles. The third kappa shape index (κ3) is 5.35. The topological polar surface area (TPSA) is 9.23 Å². The van der Waals surface area contributed by atoms with Crippen LogP contribution in [0.1, 0.15) is 99.8 Å². The molecule has 2 rings (SSSR count). The zero-order valence-electron chi connectivity index (χ0n) is 19.9. The molecular weight excluding hydrogens is 424 g/mol. The van der Waals surface area contributed by atoms with Crippen LogP contribution in [0.4, 0.5) is 0 Å². The normalized spacial score (nSPS) is 31.2. The maximum absolute atomic E-state index is 6.84. The Hall–Kier alpha value is 0.397. The van der Waals surface area contributed by atoms with Gasteiger partial charge in [-0.25, -0.2) is 0 Å². The first-order valence-corrected chi connectivity index (χ1v) is 15.6. The van der Waals surface area contributed by atoms with Gasteiger partial charge in [-0.05, 0) is 98.7 Å². The van der Waals surface area contributed by atoms with Crippen LogP contribution in [-0.4, -0.2) is 13.9 Å². The average molecular weight is 472 g/mol. The lowest BCUT2D eigenvalue weighted by molar-refractivity contribution is 0.0705. The molecule has 1 unspecified atom stereocenters. The van der Waals surface area contributed by atoms with Crippen molar-refractivity contribution >= 4 is 24.2 Å². The van der Waals surface area contributed by atoms with Crippen molar-refractivity contribution in [3.63, 3.8) is 0 Å². The van der Waals surface area contributed by atoms with E-state index in [0.717, 1.165) is 17.8 Å². The van der Waals surface area contributed by atoms with Gasteiger partial charge >= 0.3 is 0 Å². The summed E-state index contributed by atoms with van der Waals surface area (Å²) >= 11 is 3.66. The first kappa shape index (κ1) is 24.7. The summed E-state index contributed by atoms with van der Waals surface area (Å²) in [6, 6.07) is 3.77. The molecule has 0 aliphatic heterocycles. The van der Waals surface area contributed by atoms with Gasteiger partial charge in [0.25, 0.3) is 0 Å². The minimum Gasteiger partial charge on any atom is -0.412 e. The molecule has 0 radical (unpaired) electrons. The van der Waals surface area contributed by atoms with Crippen molar-refractivity contribution in [2.45, 2.75) is 124 Å². The van der Waals surface area contributed by atoms with Gasteiger partial charge in [-0.15, -0.1) is 0 Å². The minimum absolute atomic E-state index is 0.0484. The zero-order valence-corrected chi connectivity index (χ0v) is 22.5. The zero-order chi connectivity index (χ0) is 21.0. The highest BCUT2D eigenvalue weighted by atomic mass is 79.9. The molecule has 4 atom stereocenters. The van der Waals surface area contributed by atoms with E-state index >= 15 is 0 Å². The Bertz CT molecular complexity index is 516. The van der Waals surface area contributed by atoms with Gasteiger partial charge in [0, 0.05) is 0 Å². The van der Waals surface area contributed by atoms with Crippen LogP contribution in [0.15, 0.2) is 10.6 Å². The first-order valence-electron chi connectivity index (χ1n) is 12.2. The van der Waals surface area contributed by atoms with Crippen LogP contribution in [0.25, 0.3) is 0 Å². The second-order valence-corrected chi connectivity index (χ2v) is 15.9. The Labute approximate surface area is 185 Å². The molecule has 0 spiro atoms. The smallest absolute Gasteiger partial charge is 0.192 e. The lowest BCUT2D eigenvalue weighted by Gasteiger charge is -2.44. The molecule has 0 N–H and O–H groups in total. The van der Waals surface area contributed by atoms with E-state index in [-0.39, 0.29) is 5.60 Å². The van der Waals surface area contributed by atoms with Crippen molar-refractivity contribution in [3.8, 4) is 0 Å². The van der Waals surface area contributed by atoms with Gasteiger partial charge in [0.1, 0.15) is 0 Å². The van der Waals surface area contributed by atoms with Gasteiger partial charge in [0.15, 0.2) is 8.32 Å². The highest BCUT2D eigenvalue weighted by Crippen LogP contribution is 2.60. The van der Waals surface area contributed by atoms with Crippen LogP contribution in [0, 0.1) is 23.2 Å². The van der Waals surface area contributed by atoms with Crippen molar-refractivity contribution in [3.05, 3.63) is 10.6 Å². The lowest BCUT2D eigenvalue weighted by atomic mass is 9.61. The fourth-order valence-corrected chi connectivity index (χ4v) is 10.6. The molecule has 3 heteroatoms. The van der Waals surface area contributed by atoms with Gasteiger partial charge in [-0.3, -0.25) is 0 Å². The monoisotopic (exact) mass is 470 g/mol. The molecule has 164 valence electrons. The van der Waals surface area contributed by atoms with Crippen LogP contribution in [0.5, 0.6) is 0 Å². The maximum Gasteiger partial charge on any atom is 0.192 e. The highest BCUT2D eigenvalue weighted by molar-refractivity contribution is 9.11. The van der Waals surface area contributed by atoms with E-state index in [2.05, 4.69) is 69.4 Å². The van der Waals surface area contributed by atoms with Crippen LogP contribution in [0.2, 0.25) is 18.1 Å². The van der Waals surface area contributed by atoms with E-state index in [0.29, 0.717) is 5.41 Å². The summed E-state index contributed by atoms with van der Waals surface area (Å²) < 4.78 is 6.84. The van der Waals surface area contributed by atoms with Crippen LogP contribution < -0.4 is 0 Å². The predicted molar refractivity (Wildman–Crippen MR) is 131 cm³/mol. The molecule has 0 bridgehead atoms. The molecule has 1 nitrogen and oxygen atoms in total. The molecule has 2 fully saturated rings. The predicted octanol–water partition coefficient (Wildman–Crippen LogP) is 9.09. The summed E-state index contributed by atoms with van der Waals surface area (Å²) in [5.74, 6) is 2.57. The number of hydrogen-bond acceptors (Lipinski definition) is 1. The molecule has 0 heterocycles. The third-order valence-electron chi connectivity index (χ3n) is 8.73. The van der Waals surface area contributed by atoms with E-state index < -0.39 is 8.32 Å². The number of allylic oxidation sites excluding steroid dienone is 1. The first-order chi connectivity index (χ1) is 13.2. The number of rotatable bonds is 10.